The Morgan fingerprint density at radius 2 is 2.17 bits per heavy atom. The molecule has 6 nitrogen and oxygen atoms in total. The van der Waals surface area contributed by atoms with Crippen molar-refractivity contribution in [3.8, 4) is 0 Å². The average molecular weight is 258 g/mol. The first kappa shape index (κ1) is 14.8. The largest absolute Gasteiger partial charge is 0.480 e. The van der Waals surface area contributed by atoms with Gasteiger partial charge in [0.15, 0.2) is 0 Å². The Morgan fingerprint density at radius 1 is 1.50 bits per heavy atom. The summed E-state index contributed by atoms with van der Waals surface area (Å²) in [6, 6.07) is -0.811. The van der Waals surface area contributed by atoms with Gasteiger partial charge in [-0.25, -0.2) is 9.59 Å². The fourth-order valence-corrected chi connectivity index (χ4v) is 1.87. The van der Waals surface area contributed by atoms with Crippen LogP contribution in [0.25, 0.3) is 0 Å². The number of carbonyl (C=O) groups is 2. The van der Waals surface area contributed by atoms with Crippen LogP contribution in [0.4, 0.5) is 4.79 Å². The molecule has 0 saturated heterocycles. The topological polar surface area (TPSA) is 78.9 Å². The van der Waals surface area contributed by atoms with Crippen LogP contribution in [0.1, 0.15) is 32.6 Å². The molecule has 2 amide bonds. The summed E-state index contributed by atoms with van der Waals surface area (Å²) in [5.41, 5.74) is 0. The van der Waals surface area contributed by atoms with E-state index in [-0.39, 0.29) is 6.03 Å². The molecule has 1 saturated carbocycles. The second-order valence-electron chi connectivity index (χ2n) is 4.49. The molecule has 6 heteroatoms. The third-order valence-corrected chi connectivity index (χ3v) is 3.03. The summed E-state index contributed by atoms with van der Waals surface area (Å²) in [6.45, 7) is 3.01. The minimum Gasteiger partial charge on any atom is -0.480 e. The van der Waals surface area contributed by atoms with E-state index in [1.165, 1.54) is 0 Å². The van der Waals surface area contributed by atoms with Crippen LogP contribution < -0.4 is 5.32 Å². The molecule has 18 heavy (non-hydrogen) atoms. The summed E-state index contributed by atoms with van der Waals surface area (Å²) in [7, 11) is 1.57. The van der Waals surface area contributed by atoms with Gasteiger partial charge in [-0.2, -0.15) is 0 Å². The van der Waals surface area contributed by atoms with Crippen molar-refractivity contribution < 1.29 is 19.4 Å². The number of urea groups is 1. The first-order chi connectivity index (χ1) is 8.60. The minimum atomic E-state index is -0.994. The molecule has 0 spiro atoms. The zero-order chi connectivity index (χ0) is 13.5. The number of hydrogen-bond donors (Lipinski definition) is 2. The summed E-state index contributed by atoms with van der Waals surface area (Å²) in [5, 5.41) is 11.6. The van der Waals surface area contributed by atoms with E-state index in [0.717, 1.165) is 12.8 Å². The molecule has 1 aliphatic carbocycles. The van der Waals surface area contributed by atoms with Crippen LogP contribution in [0.2, 0.25) is 0 Å². The smallest absolute Gasteiger partial charge is 0.326 e. The zero-order valence-electron chi connectivity index (χ0n) is 11.0. The highest BCUT2D eigenvalue weighted by Gasteiger charge is 2.33. The summed E-state index contributed by atoms with van der Waals surface area (Å²) in [6.07, 6.45) is 3.03. The standard InChI is InChI=1S/C12H22N2O4/c1-3-14(9-6-7-9)12(17)13-10(11(15)16)5-4-8-18-2/h9-10H,3-8H2,1-2H3,(H,13,17)(H,15,16). The fraction of sp³-hybridized carbons (Fsp3) is 0.833. The Labute approximate surface area is 107 Å². The monoisotopic (exact) mass is 258 g/mol. The van der Waals surface area contributed by atoms with Crippen molar-refractivity contribution in [3.63, 3.8) is 0 Å². The number of carbonyl (C=O) groups excluding carboxylic acids is 1. The van der Waals surface area contributed by atoms with Gasteiger partial charge in [-0.15, -0.1) is 0 Å². The molecule has 104 valence electrons. The lowest BCUT2D eigenvalue weighted by Gasteiger charge is -2.23. The van der Waals surface area contributed by atoms with Crippen LogP contribution in [0.15, 0.2) is 0 Å². The average Bonchev–Trinajstić information content (AvgIpc) is 3.13. The maximum absolute atomic E-state index is 11.9. The lowest BCUT2D eigenvalue weighted by atomic mass is 10.1. The van der Waals surface area contributed by atoms with Crippen molar-refractivity contribution in [1.82, 2.24) is 10.2 Å². The van der Waals surface area contributed by atoms with Crippen LogP contribution in [0, 0.1) is 0 Å². The number of carboxylic acid groups (broad SMARTS) is 1. The van der Waals surface area contributed by atoms with Gasteiger partial charge < -0.3 is 20.1 Å². The summed E-state index contributed by atoms with van der Waals surface area (Å²) in [4.78, 5) is 24.7. The Morgan fingerprint density at radius 3 is 2.61 bits per heavy atom. The quantitative estimate of drug-likeness (QED) is 0.638. The fourth-order valence-electron chi connectivity index (χ4n) is 1.87. The van der Waals surface area contributed by atoms with E-state index in [9.17, 15) is 9.59 Å². The number of amides is 2. The Kier molecular flexibility index (Phi) is 5.91. The summed E-state index contributed by atoms with van der Waals surface area (Å²) < 4.78 is 4.88. The van der Waals surface area contributed by atoms with E-state index < -0.39 is 12.0 Å². The maximum atomic E-state index is 11.9. The number of ether oxygens (including phenoxy) is 1. The second-order valence-corrected chi connectivity index (χ2v) is 4.49. The first-order valence-electron chi connectivity index (χ1n) is 6.39. The Hall–Kier alpha value is -1.30. The third-order valence-electron chi connectivity index (χ3n) is 3.03. The van der Waals surface area contributed by atoms with Crippen molar-refractivity contribution in [2.45, 2.75) is 44.7 Å². The highest BCUT2D eigenvalue weighted by molar-refractivity contribution is 5.82. The number of methoxy groups -OCH3 is 1. The molecule has 0 aromatic heterocycles. The van der Waals surface area contributed by atoms with Crippen molar-refractivity contribution in [3.05, 3.63) is 0 Å². The third kappa shape index (κ3) is 4.52. The van der Waals surface area contributed by atoms with Gasteiger partial charge in [0.1, 0.15) is 6.04 Å². The van der Waals surface area contributed by atoms with Gasteiger partial charge in [0.25, 0.3) is 0 Å². The van der Waals surface area contributed by atoms with Gasteiger partial charge in [-0.3, -0.25) is 0 Å². The van der Waals surface area contributed by atoms with Gasteiger partial charge >= 0.3 is 12.0 Å². The van der Waals surface area contributed by atoms with Gasteiger partial charge in [-0.1, -0.05) is 0 Å². The molecule has 1 fully saturated rings. The molecular weight excluding hydrogens is 236 g/mol. The number of nitrogens with one attached hydrogen (secondary N) is 1. The molecular formula is C12H22N2O4. The number of hydrogen-bond acceptors (Lipinski definition) is 3. The maximum Gasteiger partial charge on any atom is 0.326 e. The molecule has 1 rings (SSSR count). The summed E-state index contributed by atoms with van der Waals surface area (Å²) >= 11 is 0. The second kappa shape index (κ2) is 7.20. The van der Waals surface area contributed by atoms with E-state index in [4.69, 9.17) is 9.84 Å². The lowest BCUT2D eigenvalue weighted by Crippen LogP contribution is -2.48. The number of aliphatic carboxylic acids is 1. The Bertz CT molecular complexity index is 292. The van der Waals surface area contributed by atoms with Crippen molar-refractivity contribution in [2.75, 3.05) is 20.3 Å². The van der Waals surface area contributed by atoms with E-state index in [2.05, 4.69) is 5.32 Å². The molecule has 0 heterocycles. The molecule has 0 bridgehead atoms. The van der Waals surface area contributed by atoms with Gasteiger partial charge in [0, 0.05) is 26.3 Å². The van der Waals surface area contributed by atoms with Crippen LogP contribution in [-0.4, -0.2) is 54.4 Å². The Balaban J connectivity index is 2.43. The molecule has 1 atom stereocenters. The van der Waals surface area contributed by atoms with Crippen molar-refractivity contribution in [2.24, 2.45) is 0 Å². The lowest BCUT2D eigenvalue weighted by molar-refractivity contribution is -0.139. The first-order valence-corrected chi connectivity index (χ1v) is 6.39. The number of nitrogens with zero attached hydrogens (tertiary/aromatic N) is 1. The SMILES string of the molecule is CCN(C(=O)NC(CCCOC)C(=O)O)C1CC1. The van der Waals surface area contributed by atoms with E-state index in [1.54, 1.807) is 12.0 Å². The summed E-state index contributed by atoms with van der Waals surface area (Å²) in [5.74, 6) is -0.994. The molecule has 0 aromatic rings. The molecule has 0 aromatic carbocycles. The van der Waals surface area contributed by atoms with E-state index in [1.807, 2.05) is 6.92 Å². The van der Waals surface area contributed by atoms with Crippen molar-refractivity contribution >= 4 is 12.0 Å². The van der Waals surface area contributed by atoms with Crippen LogP contribution >= 0.6 is 0 Å². The van der Waals surface area contributed by atoms with Crippen molar-refractivity contribution in [1.29, 1.82) is 0 Å². The van der Waals surface area contributed by atoms with Gasteiger partial charge in [0.05, 0.1) is 0 Å². The molecule has 2 N–H and O–H groups in total. The number of carboxylic acids is 1. The predicted molar refractivity (Wildman–Crippen MR) is 66.5 cm³/mol. The highest BCUT2D eigenvalue weighted by atomic mass is 16.5. The van der Waals surface area contributed by atoms with Gasteiger partial charge in [0.2, 0.25) is 0 Å². The van der Waals surface area contributed by atoms with Gasteiger partial charge in [-0.05, 0) is 32.6 Å². The van der Waals surface area contributed by atoms with E-state index >= 15 is 0 Å². The molecule has 1 unspecified atom stereocenters. The normalized spacial score (nSPS) is 16.1. The highest BCUT2D eigenvalue weighted by Crippen LogP contribution is 2.26. The minimum absolute atomic E-state index is 0.273. The van der Waals surface area contributed by atoms with Crippen LogP contribution in [0.3, 0.4) is 0 Å². The molecule has 0 radical (unpaired) electrons. The number of rotatable bonds is 8. The predicted octanol–water partition coefficient (Wildman–Crippen LogP) is 1.06. The molecule has 1 aliphatic rings. The van der Waals surface area contributed by atoms with E-state index in [0.29, 0.717) is 32.0 Å². The van der Waals surface area contributed by atoms with Crippen LogP contribution in [0.5, 0.6) is 0 Å². The molecule has 0 aliphatic heterocycles. The van der Waals surface area contributed by atoms with Crippen LogP contribution in [-0.2, 0) is 9.53 Å². The zero-order valence-corrected chi connectivity index (χ0v) is 11.0.